The largest absolute Gasteiger partial charge is 0.481 e. The van der Waals surface area contributed by atoms with Crippen LogP contribution in [0.25, 0.3) is 33.8 Å². The van der Waals surface area contributed by atoms with Gasteiger partial charge in [0.2, 0.25) is 5.88 Å². The fourth-order valence-corrected chi connectivity index (χ4v) is 4.16. The second-order valence-electron chi connectivity index (χ2n) is 8.91. The maximum absolute atomic E-state index is 11.4. The summed E-state index contributed by atoms with van der Waals surface area (Å²) in [5.74, 6) is 0.550. The van der Waals surface area contributed by atoms with Gasteiger partial charge in [0.1, 0.15) is 11.9 Å². The fraction of sp³-hybridized carbons (Fsp3) is 0.320. The van der Waals surface area contributed by atoms with Crippen LogP contribution in [0.15, 0.2) is 48.8 Å². The van der Waals surface area contributed by atoms with Crippen molar-refractivity contribution < 1.29 is 14.6 Å². The van der Waals surface area contributed by atoms with Crippen molar-refractivity contribution in [2.24, 2.45) is 5.41 Å². The van der Waals surface area contributed by atoms with E-state index in [2.05, 4.69) is 24.9 Å². The zero-order chi connectivity index (χ0) is 23.0. The average molecular weight is 444 g/mol. The molecule has 4 aromatic heterocycles. The molecular formula is C25H25N5O3. The lowest BCUT2D eigenvalue weighted by molar-refractivity contribution is -0.150. The molecule has 8 heteroatoms. The summed E-state index contributed by atoms with van der Waals surface area (Å²) in [6.45, 7) is 3.75. The quantitative estimate of drug-likeness (QED) is 0.455. The number of imidazole rings is 1. The number of H-pyrrole nitrogens is 1. The molecule has 0 atom stereocenters. The molecule has 1 aliphatic carbocycles. The first-order chi connectivity index (χ1) is 15.9. The maximum atomic E-state index is 11.4. The van der Waals surface area contributed by atoms with Crippen LogP contribution in [-0.2, 0) is 4.79 Å². The fourth-order valence-electron chi connectivity index (χ4n) is 4.16. The van der Waals surface area contributed by atoms with Crippen LogP contribution in [0, 0.1) is 12.3 Å². The smallest absolute Gasteiger partial charge is 0.309 e. The van der Waals surface area contributed by atoms with Gasteiger partial charge in [-0.25, -0.2) is 15.0 Å². The minimum absolute atomic E-state index is 0.00438. The van der Waals surface area contributed by atoms with E-state index in [0.29, 0.717) is 37.2 Å². The molecule has 0 amide bonds. The molecule has 4 heterocycles. The SMILES string of the molecule is Cc1ccc2[nH]c(-c3ccc(-c4ccc(OC5CCC(C)(C(=O)O)CC5)nc4)nc3)nc2n1. The molecule has 2 N–H and O–H groups in total. The van der Waals surface area contributed by atoms with Crippen molar-refractivity contribution in [1.82, 2.24) is 24.9 Å². The molecule has 0 spiro atoms. The summed E-state index contributed by atoms with van der Waals surface area (Å²) < 4.78 is 5.99. The van der Waals surface area contributed by atoms with Gasteiger partial charge in [0.05, 0.1) is 16.6 Å². The van der Waals surface area contributed by atoms with E-state index in [9.17, 15) is 9.90 Å². The summed E-state index contributed by atoms with van der Waals surface area (Å²) in [5.41, 5.74) is 4.44. The van der Waals surface area contributed by atoms with Gasteiger partial charge in [-0.2, -0.15) is 0 Å². The number of carboxylic acid groups (broad SMARTS) is 1. The van der Waals surface area contributed by atoms with Crippen LogP contribution >= 0.6 is 0 Å². The first-order valence-electron chi connectivity index (χ1n) is 11.1. The van der Waals surface area contributed by atoms with Crippen LogP contribution in [0.5, 0.6) is 5.88 Å². The number of aryl methyl sites for hydroxylation is 1. The van der Waals surface area contributed by atoms with E-state index in [1.807, 2.05) is 50.2 Å². The zero-order valence-corrected chi connectivity index (χ0v) is 18.6. The van der Waals surface area contributed by atoms with E-state index in [4.69, 9.17) is 4.74 Å². The Morgan fingerprint density at radius 1 is 1.03 bits per heavy atom. The molecule has 0 unspecified atom stereocenters. The number of carboxylic acids is 1. The third-order valence-corrected chi connectivity index (χ3v) is 6.39. The van der Waals surface area contributed by atoms with E-state index in [0.717, 1.165) is 33.9 Å². The Bertz CT molecular complexity index is 1290. The van der Waals surface area contributed by atoms with Crippen molar-refractivity contribution in [2.75, 3.05) is 0 Å². The molecule has 8 nitrogen and oxygen atoms in total. The van der Waals surface area contributed by atoms with E-state index in [1.165, 1.54) is 0 Å². The summed E-state index contributed by atoms with van der Waals surface area (Å²) in [6.07, 6.45) is 6.18. The standard InChI is InChI=1S/C25H25N5O3/c1-15-3-6-20-23(28-15)30-22(29-20)17-4-7-19(26-14-17)16-5-8-21(27-13-16)33-18-9-11-25(2,12-10-18)24(31)32/h3-8,13-14,18H,9-12H2,1-2H3,(H,31,32)(H,28,29,30). The topological polar surface area (TPSA) is 114 Å². The molecule has 0 radical (unpaired) electrons. The monoisotopic (exact) mass is 443 g/mol. The third kappa shape index (κ3) is 4.28. The Morgan fingerprint density at radius 2 is 1.79 bits per heavy atom. The average Bonchev–Trinajstić information content (AvgIpc) is 3.24. The van der Waals surface area contributed by atoms with Crippen molar-refractivity contribution in [3.63, 3.8) is 0 Å². The highest BCUT2D eigenvalue weighted by Gasteiger charge is 2.38. The lowest BCUT2D eigenvalue weighted by Gasteiger charge is -2.33. The molecular weight excluding hydrogens is 418 g/mol. The summed E-state index contributed by atoms with van der Waals surface area (Å²) in [6, 6.07) is 11.6. The number of hydrogen-bond donors (Lipinski definition) is 2. The first kappa shape index (κ1) is 21.1. The van der Waals surface area contributed by atoms with Crippen LogP contribution in [0.3, 0.4) is 0 Å². The number of carbonyl (C=O) groups is 1. The van der Waals surface area contributed by atoms with E-state index < -0.39 is 11.4 Å². The number of ether oxygens (including phenoxy) is 1. The highest BCUT2D eigenvalue weighted by Crippen LogP contribution is 2.37. The van der Waals surface area contributed by atoms with Gasteiger partial charge in [-0.3, -0.25) is 9.78 Å². The van der Waals surface area contributed by atoms with Crippen LogP contribution in [0.2, 0.25) is 0 Å². The second-order valence-corrected chi connectivity index (χ2v) is 8.91. The van der Waals surface area contributed by atoms with E-state index >= 15 is 0 Å². The number of nitrogens with zero attached hydrogens (tertiary/aromatic N) is 4. The molecule has 0 aromatic carbocycles. The van der Waals surface area contributed by atoms with Gasteiger partial charge in [0.15, 0.2) is 5.65 Å². The lowest BCUT2D eigenvalue weighted by atomic mass is 9.75. The highest BCUT2D eigenvalue weighted by atomic mass is 16.5. The number of aliphatic carboxylic acids is 1. The summed E-state index contributed by atoms with van der Waals surface area (Å²) in [7, 11) is 0. The third-order valence-electron chi connectivity index (χ3n) is 6.39. The van der Waals surface area contributed by atoms with Crippen LogP contribution in [-0.4, -0.2) is 42.1 Å². The Labute approximate surface area is 191 Å². The molecule has 5 rings (SSSR count). The Kier molecular flexibility index (Phi) is 5.28. The van der Waals surface area contributed by atoms with Crippen molar-refractivity contribution in [2.45, 2.75) is 45.6 Å². The van der Waals surface area contributed by atoms with Crippen molar-refractivity contribution in [1.29, 1.82) is 0 Å². The van der Waals surface area contributed by atoms with Gasteiger partial charge >= 0.3 is 5.97 Å². The summed E-state index contributed by atoms with van der Waals surface area (Å²) >= 11 is 0. The second kappa shape index (κ2) is 8.27. The number of nitrogens with one attached hydrogen (secondary N) is 1. The number of rotatable bonds is 5. The van der Waals surface area contributed by atoms with Crippen LogP contribution in [0.1, 0.15) is 38.3 Å². The van der Waals surface area contributed by atoms with Gasteiger partial charge in [-0.05, 0) is 69.9 Å². The molecule has 1 saturated carbocycles. The van der Waals surface area contributed by atoms with Crippen molar-refractivity contribution >= 4 is 17.1 Å². The Balaban J connectivity index is 1.25. The van der Waals surface area contributed by atoms with E-state index in [1.54, 1.807) is 12.4 Å². The van der Waals surface area contributed by atoms with Crippen molar-refractivity contribution in [3.8, 4) is 28.5 Å². The molecule has 1 aliphatic rings. The summed E-state index contributed by atoms with van der Waals surface area (Å²) in [5, 5.41) is 9.37. The molecule has 168 valence electrons. The van der Waals surface area contributed by atoms with E-state index in [-0.39, 0.29) is 6.10 Å². The number of fused-ring (bicyclic) bond motifs is 1. The predicted molar refractivity (Wildman–Crippen MR) is 124 cm³/mol. The number of aromatic nitrogens is 5. The highest BCUT2D eigenvalue weighted by molar-refractivity contribution is 5.76. The molecule has 1 fully saturated rings. The minimum atomic E-state index is -0.728. The maximum Gasteiger partial charge on any atom is 0.309 e. The molecule has 33 heavy (non-hydrogen) atoms. The molecule has 4 aromatic rings. The lowest BCUT2D eigenvalue weighted by Crippen LogP contribution is -2.36. The minimum Gasteiger partial charge on any atom is -0.481 e. The number of aromatic amines is 1. The normalized spacial score (nSPS) is 20.6. The Morgan fingerprint density at radius 3 is 2.45 bits per heavy atom. The molecule has 0 aliphatic heterocycles. The zero-order valence-electron chi connectivity index (χ0n) is 18.6. The number of pyridine rings is 3. The molecule has 0 saturated heterocycles. The van der Waals surface area contributed by atoms with Gasteiger partial charge in [0, 0.05) is 35.3 Å². The van der Waals surface area contributed by atoms with Gasteiger partial charge < -0.3 is 14.8 Å². The number of hydrogen-bond acceptors (Lipinski definition) is 6. The van der Waals surface area contributed by atoms with Crippen molar-refractivity contribution in [3.05, 3.63) is 54.5 Å². The molecule has 0 bridgehead atoms. The van der Waals surface area contributed by atoms with Crippen LogP contribution < -0.4 is 4.74 Å². The van der Waals surface area contributed by atoms with Gasteiger partial charge in [-0.1, -0.05) is 0 Å². The Hall–Kier alpha value is -3.81. The van der Waals surface area contributed by atoms with Gasteiger partial charge in [-0.15, -0.1) is 0 Å². The summed E-state index contributed by atoms with van der Waals surface area (Å²) in [4.78, 5) is 32.7. The predicted octanol–water partition coefficient (Wildman–Crippen LogP) is 4.80. The van der Waals surface area contributed by atoms with Gasteiger partial charge in [0.25, 0.3) is 0 Å². The first-order valence-corrected chi connectivity index (χ1v) is 11.1. The van der Waals surface area contributed by atoms with Crippen LogP contribution in [0.4, 0.5) is 0 Å².